The lowest BCUT2D eigenvalue weighted by atomic mass is 10.2. The number of hydrazone groups is 1. The number of carbonyl (C=O) groups excluding carboxylic acids is 1. The number of aryl methyl sites for hydroxylation is 1. The molecule has 0 aliphatic rings. The highest BCUT2D eigenvalue weighted by Gasteiger charge is 1.95. The summed E-state index contributed by atoms with van der Waals surface area (Å²) >= 11 is 0. The lowest BCUT2D eigenvalue weighted by Crippen LogP contribution is -2.21. The van der Waals surface area contributed by atoms with E-state index in [0.717, 1.165) is 5.76 Å². The number of nitrogens with one attached hydrogen (secondary N) is 1. The third-order valence-electron chi connectivity index (χ3n) is 2.27. The van der Waals surface area contributed by atoms with Gasteiger partial charge in [0.1, 0.15) is 11.5 Å². The second-order valence-electron chi connectivity index (χ2n) is 3.68. The van der Waals surface area contributed by atoms with Crippen molar-refractivity contribution < 1.29 is 14.3 Å². The van der Waals surface area contributed by atoms with Gasteiger partial charge in [0.25, 0.3) is 0 Å². The van der Waals surface area contributed by atoms with E-state index < -0.39 is 5.97 Å². The molecule has 0 saturated heterocycles. The van der Waals surface area contributed by atoms with Crippen molar-refractivity contribution in [1.29, 1.82) is 0 Å². The quantitative estimate of drug-likeness (QED) is 0.650. The summed E-state index contributed by atoms with van der Waals surface area (Å²) in [5.41, 5.74) is 3.58. The molecule has 0 bridgehead atoms. The van der Waals surface area contributed by atoms with Crippen molar-refractivity contribution >= 4 is 17.9 Å². The summed E-state index contributed by atoms with van der Waals surface area (Å²) in [5.74, 6) is 0.261. The third kappa shape index (κ3) is 2.98. The van der Waals surface area contributed by atoms with Gasteiger partial charge in [-0.1, -0.05) is 12.1 Å². The number of anilines is 1. The molecule has 0 aliphatic carbocycles. The fourth-order valence-electron chi connectivity index (χ4n) is 1.37. The van der Waals surface area contributed by atoms with E-state index in [1.165, 1.54) is 12.1 Å². The van der Waals surface area contributed by atoms with Gasteiger partial charge >= 0.3 is 0 Å². The highest BCUT2D eigenvalue weighted by molar-refractivity contribution is 5.86. The van der Waals surface area contributed by atoms with Crippen LogP contribution in [0.2, 0.25) is 0 Å². The number of aromatic carboxylic acids is 1. The van der Waals surface area contributed by atoms with Crippen LogP contribution in [0.3, 0.4) is 0 Å². The molecule has 0 aliphatic heterocycles. The normalized spacial score (nSPS) is 10.7. The second kappa shape index (κ2) is 5.18. The Morgan fingerprint density at radius 1 is 1.28 bits per heavy atom. The summed E-state index contributed by atoms with van der Waals surface area (Å²) in [6, 6.07) is 9.76. The minimum atomic E-state index is -1.20. The fourth-order valence-corrected chi connectivity index (χ4v) is 1.37. The van der Waals surface area contributed by atoms with Crippen molar-refractivity contribution in [3.8, 4) is 0 Å². The van der Waals surface area contributed by atoms with Crippen LogP contribution in [0.4, 0.5) is 5.69 Å². The van der Waals surface area contributed by atoms with Crippen molar-refractivity contribution in [3.05, 3.63) is 53.5 Å². The van der Waals surface area contributed by atoms with Gasteiger partial charge in [0.15, 0.2) is 0 Å². The number of hydrogen-bond donors (Lipinski definition) is 1. The van der Waals surface area contributed by atoms with Crippen LogP contribution < -0.4 is 10.5 Å². The van der Waals surface area contributed by atoms with Gasteiger partial charge in [0.05, 0.1) is 17.9 Å². The number of rotatable bonds is 4. The van der Waals surface area contributed by atoms with Gasteiger partial charge in [0.2, 0.25) is 0 Å². The van der Waals surface area contributed by atoms with Crippen LogP contribution in [-0.4, -0.2) is 12.2 Å². The predicted octanol–water partition coefficient (Wildman–Crippen LogP) is 1.40. The number of carboxylic acids is 1. The topological polar surface area (TPSA) is 77.7 Å². The molecule has 5 nitrogen and oxygen atoms in total. The van der Waals surface area contributed by atoms with E-state index in [1.54, 1.807) is 24.4 Å². The summed E-state index contributed by atoms with van der Waals surface area (Å²) in [5, 5.41) is 14.5. The number of carbonyl (C=O) groups is 1. The second-order valence-corrected chi connectivity index (χ2v) is 3.68. The maximum atomic E-state index is 10.5. The zero-order chi connectivity index (χ0) is 13.0. The highest BCUT2D eigenvalue weighted by atomic mass is 16.4. The summed E-state index contributed by atoms with van der Waals surface area (Å²) in [6.07, 6.45) is 1.54. The largest absolute Gasteiger partial charge is 0.545 e. The van der Waals surface area contributed by atoms with Gasteiger partial charge in [-0.2, -0.15) is 5.10 Å². The van der Waals surface area contributed by atoms with Crippen molar-refractivity contribution in [2.24, 2.45) is 5.10 Å². The standard InChI is InChI=1S/C13H12N2O3/c1-9-2-7-12(18-9)8-14-15-11-5-3-10(4-6-11)13(16)17/h2-8,15H,1H3,(H,16,17)/p-1/b14-8-. The molecule has 0 saturated carbocycles. The van der Waals surface area contributed by atoms with Gasteiger partial charge in [0, 0.05) is 0 Å². The van der Waals surface area contributed by atoms with Crippen LogP contribution in [0.5, 0.6) is 0 Å². The van der Waals surface area contributed by atoms with E-state index in [9.17, 15) is 9.90 Å². The Morgan fingerprint density at radius 2 is 2.00 bits per heavy atom. The molecule has 1 heterocycles. The van der Waals surface area contributed by atoms with Gasteiger partial charge in [-0.05, 0) is 36.8 Å². The molecule has 1 N–H and O–H groups in total. The van der Waals surface area contributed by atoms with E-state index in [4.69, 9.17) is 4.42 Å². The molecule has 2 aromatic rings. The Bertz CT molecular complexity index is 570. The summed E-state index contributed by atoms with van der Waals surface area (Å²) in [7, 11) is 0. The zero-order valence-electron chi connectivity index (χ0n) is 9.71. The number of benzene rings is 1. The van der Waals surface area contributed by atoms with Crippen LogP contribution in [0.25, 0.3) is 0 Å². The first-order valence-electron chi connectivity index (χ1n) is 5.32. The van der Waals surface area contributed by atoms with Crippen molar-refractivity contribution in [3.63, 3.8) is 0 Å². The Kier molecular flexibility index (Phi) is 3.43. The van der Waals surface area contributed by atoms with Crippen LogP contribution >= 0.6 is 0 Å². The molecule has 5 heteroatoms. The Balaban J connectivity index is 1.98. The van der Waals surface area contributed by atoms with Crippen molar-refractivity contribution in [2.45, 2.75) is 6.92 Å². The van der Waals surface area contributed by atoms with E-state index in [1.807, 2.05) is 13.0 Å². The molecular formula is C13H11N2O3-. The Morgan fingerprint density at radius 3 is 2.56 bits per heavy atom. The smallest absolute Gasteiger partial charge is 0.147 e. The molecule has 0 fully saturated rings. The van der Waals surface area contributed by atoms with Gasteiger partial charge in [-0.25, -0.2) is 0 Å². The number of carboxylic acid groups (broad SMARTS) is 1. The molecular weight excluding hydrogens is 232 g/mol. The summed E-state index contributed by atoms with van der Waals surface area (Å²) in [6.45, 7) is 1.85. The minimum Gasteiger partial charge on any atom is -0.545 e. The third-order valence-corrected chi connectivity index (χ3v) is 2.27. The molecule has 92 valence electrons. The minimum absolute atomic E-state index is 0.131. The van der Waals surface area contributed by atoms with Gasteiger partial charge in [-0.15, -0.1) is 0 Å². The molecule has 1 aromatic heterocycles. The average Bonchev–Trinajstić information content (AvgIpc) is 2.76. The Labute approximate surface area is 104 Å². The molecule has 0 radical (unpaired) electrons. The first kappa shape index (κ1) is 11.9. The zero-order valence-corrected chi connectivity index (χ0v) is 9.71. The summed E-state index contributed by atoms with van der Waals surface area (Å²) in [4.78, 5) is 10.5. The van der Waals surface area contributed by atoms with Crippen LogP contribution in [0, 0.1) is 6.92 Å². The first-order chi connectivity index (χ1) is 8.65. The molecule has 0 spiro atoms. The van der Waals surface area contributed by atoms with Crippen LogP contribution in [0.1, 0.15) is 21.9 Å². The fraction of sp³-hybridized carbons (Fsp3) is 0.0769. The molecule has 2 rings (SSSR count). The SMILES string of the molecule is Cc1ccc(/C=N\Nc2ccc(C(=O)[O-])cc2)o1. The summed E-state index contributed by atoms with van der Waals surface area (Å²) < 4.78 is 5.30. The van der Waals surface area contributed by atoms with Gasteiger partial charge < -0.3 is 14.3 Å². The van der Waals surface area contributed by atoms with Crippen LogP contribution in [0.15, 0.2) is 45.9 Å². The number of furan rings is 1. The van der Waals surface area contributed by atoms with E-state index >= 15 is 0 Å². The van der Waals surface area contributed by atoms with Crippen molar-refractivity contribution in [1.82, 2.24) is 0 Å². The maximum absolute atomic E-state index is 10.5. The highest BCUT2D eigenvalue weighted by Crippen LogP contribution is 2.09. The average molecular weight is 243 g/mol. The molecule has 18 heavy (non-hydrogen) atoms. The maximum Gasteiger partial charge on any atom is 0.147 e. The first-order valence-corrected chi connectivity index (χ1v) is 5.32. The van der Waals surface area contributed by atoms with Crippen LogP contribution in [-0.2, 0) is 0 Å². The van der Waals surface area contributed by atoms with E-state index in [-0.39, 0.29) is 5.56 Å². The number of nitrogens with zero attached hydrogens (tertiary/aromatic N) is 1. The molecule has 0 atom stereocenters. The van der Waals surface area contributed by atoms with E-state index in [2.05, 4.69) is 10.5 Å². The predicted molar refractivity (Wildman–Crippen MR) is 65.4 cm³/mol. The van der Waals surface area contributed by atoms with Crippen molar-refractivity contribution in [2.75, 3.05) is 5.43 Å². The monoisotopic (exact) mass is 243 g/mol. The molecule has 1 aromatic carbocycles. The molecule has 0 amide bonds. The lowest BCUT2D eigenvalue weighted by molar-refractivity contribution is -0.255. The molecule has 0 unspecified atom stereocenters. The Hall–Kier alpha value is -2.56. The lowest BCUT2D eigenvalue weighted by Gasteiger charge is -2.03. The van der Waals surface area contributed by atoms with Gasteiger partial charge in [-0.3, -0.25) is 5.43 Å². The number of hydrogen-bond acceptors (Lipinski definition) is 5. The van der Waals surface area contributed by atoms with E-state index in [0.29, 0.717) is 11.4 Å².